The molecule has 0 saturated carbocycles. The van der Waals surface area contributed by atoms with Gasteiger partial charge in [-0.05, 0) is 144 Å². The molecule has 0 saturated heterocycles. The zero-order valence-electron chi connectivity index (χ0n) is 30.2. The van der Waals surface area contributed by atoms with Crippen molar-refractivity contribution in [3.8, 4) is 11.1 Å². The summed E-state index contributed by atoms with van der Waals surface area (Å²) < 4.78 is 10.8. The van der Waals surface area contributed by atoms with Crippen LogP contribution < -0.4 is 9.80 Å². The Balaban J connectivity index is 1.32. The molecule has 0 aromatic heterocycles. The number of hydrogen-bond donors (Lipinski definition) is 0. The lowest BCUT2D eigenvalue weighted by atomic mass is 10.0. The quantitative estimate of drug-likeness (QED) is 0.123. The summed E-state index contributed by atoms with van der Waals surface area (Å²) in [6.07, 6.45) is 2.06. The number of rotatable bonds is 13. The van der Waals surface area contributed by atoms with Gasteiger partial charge in [-0.1, -0.05) is 74.5 Å². The number of aryl methyl sites for hydroxylation is 4. The van der Waals surface area contributed by atoms with E-state index >= 15 is 0 Å². The van der Waals surface area contributed by atoms with Gasteiger partial charge in [0.25, 0.3) is 0 Å². The van der Waals surface area contributed by atoms with Gasteiger partial charge in [-0.3, -0.25) is 0 Å². The normalized spacial score (nSPS) is 11.1. The van der Waals surface area contributed by atoms with Crippen molar-refractivity contribution in [3.05, 3.63) is 167 Å². The van der Waals surface area contributed by atoms with Crippen molar-refractivity contribution in [1.82, 2.24) is 0 Å². The van der Waals surface area contributed by atoms with Gasteiger partial charge in [0.1, 0.15) is 0 Å². The molecule has 4 nitrogen and oxygen atoms in total. The van der Waals surface area contributed by atoms with Crippen LogP contribution in [0.2, 0.25) is 0 Å². The van der Waals surface area contributed by atoms with Gasteiger partial charge in [-0.2, -0.15) is 0 Å². The molecule has 254 valence electrons. The van der Waals surface area contributed by atoms with Crippen LogP contribution in [-0.2, 0) is 35.5 Å². The molecule has 0 aliphatic carbocycles. The molecule has 0 heterocycles. The fraction of sp³-hybridized carbons (Fsp3) is 0.217. The Bertz CT molecular complexity index is 2000. The summed E-state index contributed by atoms with van der Waals surface area (Å²) >= 11 is 0. The zero-order chi connectivity index (χ0) is 35.0. The number of benzene rings is 6. The van der Waals surface area contributed by atoms with Gasteiger partial charge in [-0.25, -0.2) is 0 Å². The molecule has 0 fully saturated rings. The Morgan fingerprint density at radius 1 is 0.400 bits per heavy atom. The first-order valence-electron chi connectivity index (χ1n) is 17.6. The lowest BCUT2D eigenvalue weighted by molar-refractivity contribution is 0.184. The minimum absolute atomic E-state index is 0.590. The van der Waals surface area contributed by atoms with Crippen LogP contribution in [0.25, 0.3) is 11.1 Å². The van der Waals surface area contributed by atoms with Crippen LogP contribution in [-0.4, -0.2) is 14.2 Å². The van der Waals surface area contributed by atoms with E-state index in [1.165, 1.54) is 44.6 Å². The first-order chi connectivity index (χ1) is 24.4. The third-order valence-electron chi connectivity index (χ3n) is 9.54. The van der Waals surface area contributed by atoms with Gasteiger partial charge in [0.05, 0.1) is 13.2 Å². The van der Waals surface area contributed by atoms with Crippen LogP contribution in [0.4, 0.5) is 34.1 Å². The number of ether oxygens (including phenoxy) is 2. The molecule has 0 aliphatic heterocycles. The monoisotopic (exact) mass is 660 g/mol. The Labute approximate surface area is 298 Å². The molecule has 50 heavy (non-hydrogen) atoms. The highest BCUT2D eigenvalue weighted by Crippen LogP contribution is 2.39. The zero-order valence-corrected chi connectivity index (χ0v) is 30.2. The van der Waals surface area contributed by atoms with Crippen LogP contribution in [0.1, 0.15) is 47.2 Å². The van der Waals surface area contributed by atoms with Gasteiger partial charge in [0, 0.05) is 48.3 Å². The molecule has 0 atom stereocenters. The number of methoxy groups -OCH3 is 2. The minimum Gasteiger partial charge on any atom is -0.380 e. The van der Waals surface area contributed by atoms with E-state index in [-0.39, 0.29) is 0 Å². The van der Waals surface area contributed by atoms with Gasteiger partial charge in [-0.15, -0.1) is 0 Å². The predicted molar refractivity (Wildman–Crippen MR) is 211 cm³/mol. The molecule has 0 aliphatic rings. The van der Waals surface area contributed by atoms with Gasteiger partial charge in [0.2, 0.25) is 0 Å². The van der Waals surface area contributed by atoms with E-state index in [1.807, 2.05) is 0 Å². The summed E-state index contributed by atoms with van der Waals surface area (Å²) in [7, 11) is 3.47. The Morgan fingerprint density at radius 2 is 0.780 bits per heavy atom. The van der Waals surface area contributed by atoms with Crippen molar-refractivity contribution >= 4 is 34.1 Å². The second-order valence-corrected chi connectivity index (χ2v) is 12.9. The van der Waals surface area contributed by atoms with Crippen molar-refractivity contribution in [2.45, 2.75) is 53.8 Å². The molecule has 0 N–H and O–H groups in total. The highest BCUT2D eigenvalue weighted by atomic mass is 16.5. The van der Waals surface area contributed by atoms with Crippen molar-refractivity contribution in [2.75, 3.05) is 24.0 Å². The molecular weight excluding hydrogens is 613 g/mol. The molecule has 0 radical (unpaired) electrons. The fourth-order valence-corrected chi connectivity index (χ4v) is 6.64. The molecule has 6 rings (SSSR count). The van der Waals surface area contributed by atoms with E-state index in [9.17, 15) is 0 Å². The smallest absolute Gasteiger partial charge is 0.0715 e. The largest absolute Gasteiger partial charge is 0.380 e. The Morgan fingerprint density at radius 3 is 1.16 bits per heavy atom. The highest BCUT2D eigenvalue weighted by Gasteiger charge is 2.16. The van der Waals surface area contributed by atoms with Crippen LogP contribution in [0.15, 0.2) is 133 Å². The lowest BCUT2D eigenvalue weighted by Crippen LogP contribution is -2.11. The summed E-state index contributed by atoms with van der Waals surface area (Å²) in [6.45, 7) is 9.96. The van der Waals surface area contributed by atoms with E-state index in [1.54, 1.807) is 14.2 Å². The van der Waals surface area contributed by atoms with Crippen molar-refractivity contribution in [1.29, 1.82) is 0 Å². The number of anilines is 6. The van der Waals surface area contributed by atoms with E-state index in [0.717, 1.165) is 46.8 Å². The summed E-state index contributed by atoms with van der Waals surface area (Å²) in [6, 6.07) is 48.7. The van der Waals surface area contributed by atoms with Crippen LogP contribution >= 0.6 is 0 Å². The SMILES string of the molecule is CCc1ccc(N(c2ccc(-c3ccc(N(c4ccc(COC)cc4)c4ccc(COC)c(C)c4)cc3)cc2)c2ccc(CC)c(C)c2)cc1. The lowest BCUT2D eigenvalue weighted by Gasteiger charge is -2.27. The maximum absolute atomic E-state index is 5.43. The third-order valence-corrected chi connectivity index (χ3v) is 9.54. The minimum atomic E-state index is 0.590. The van der Waals surface area contributed by atoms with Crippen LogP contribution in [0, 0.1) is 13.8 Å². The highest BCUT2D eigenvalue weighted by molar-refractivity contribution is 5.81. The molecule has 6 aromatic rings. The molecule has 0 amide bonds. The summed E-state index contributed by atoms with van der Waals surface area (Å²) in [4.78, 5) is 4.66. The van der Waals surface area contributed by atoms with Crippen LogP contribution in [0.3, 0.4) is 0 Å². The summed E-state index contributed by atoms with van der Waals surface area (Å²) in [5.74, 6) is 0. The molecule has 0 bridgehead atoms. The van der Waals surface area contributed by atoms with Crippen molar-refractivity contribution in [2.24, 2.45) is 0 Å². The molecule has 4 heteroatoms. The van der Waals surface area contributed by atoms with Gasteiger partial charge >= 0.3 is 0 Å². The fourth-order valence-electron chi connectivity index (χ4n) is 6.64. The van der Waals surface area contributed by atoms with Gasteiger partial charge in [0.15, 0.2) is 0 Å². The Hall–Kier alpha value is -5.16. The van der Waals surface area contributed by atoms with Crippen molar-refractivity contribution < 1.29 is 9.47 Å². The second-order valence-electron chi connectivity index (χ2n) is 12.9. The number of nitrogens with zero attached hydrogens (tertiary/aromatic N) is 2. The average Bonchev–Trinajstić information content (AvgIpc) is 3.15. The third kappa shape index (κ3) is 7.68. The van der Waals surface area contributed by atoms with E-state index < -0.39 is 0 Å². The molecular formula is C46H48N2O2. The predicted octanol–water partition coefficient (Wildman–Crippen LogP) is 12.3. The van der Waals surface area contributed by atoms with Gasteiger partial charge < -0.3 is 19.3 Å². The maximum Gasteiger partial charge on any atom is 0.0715 e. The van der Waals surface area contributed by atoms with Crippen LogP contribution in [0.5, 0.6) is 0 Å². The topological polar surface area (TPSA) is 24.9 Å². The first-order valence-corrected chi connectivity index (χ1v) is 17.6. The molecule has 0 spiro atoms. The Kier molecular flexibility index (Phi) is 11.1. The van der Waals surface area contributed by atoms with E-state index in [4.69, 9.17) is 9.47 Å². The second kappa shape index (κ2) is 16.0. The maximum atomic E-state index is 5.43. The number of hydrogen-bond acceptors (Lipinski definition) is 4. The van der Waals surface area contributed by atoms with E-state index in [2.05, 4.69) is 171 Å². The molecule has 6 aromatic carbocycles. The summed E-state index contributed by atoms with van der Waals surface area (Å²) in [5.41, 5.74) is 16.7. The summed E-state index contributed by atoms with van der Waals surface area (Å²) in [5, 5.41) is 0. The molecule has 0 unspecified atom stereocenters. The standard InChI is InChI=1S/C46H48N2O2/c1-7-35-9-19-41(20-10-35)47(45-27-13-37(8-2)33(3)29-45)43-23-14-38(15-24-43)39-16-25-44(26-17-39)48(42-21-11-36(12-22-42)31-49-5)46-28-18-40(32-50-6)34(4)30-46/h9-30H,7-8,31-32H2,1-6H3. The van der Waals surface area contributed by atoms with Crippen molar-refractivity contribution in [3.63, 3.8) is 0 Å². The first kappa shape index (κ1) is 34.7. The average molecular weight is 661 g/mol. The van der Waals surface area contributed by atoms with E-state index in [0.29, 0.717) is 13.2 Å².